The number of rotatable bonds is 7. The van der Waals surface area contributed by atoms with Gasteiger partial charge in [0.15, 0.2) is 0 Å². The third kappa shape index (κ3) is 6.25. The minimum atomic E-state index is 0.428. The van der Waals surface area contributed by atoms with Crippen molar-refractivity contribution in [1.29, 1.82) is 0 Å². The van der Waals surface area contributed by atoms with Crippen LogP contribution >= 0.6 is 0 Å². The predicted octanol–water partition coefficient (Wildman–Crippen LogP) is 2.87. The minimum Gasteiger partial charge on any atom is -0.277 e. The van der Waals surface area contributed by atoms with Gasteiger partial charge in [-0.1, -0.05) is 31.4 Å². The first-order chi connectivity index (χ1) is 6.22. The van der Waals surface area contributed by atoms with Crippen LogP contribution in [-0.4, -0.2) is 24.8 Å². The lowest BCUT2D eigenvalue weighted by Gasteiger charge is -2.19. The van der Waals surface area contributed by atoms with E-state index >= 15 is 0 Å². The van der Waals surface area contributed by atoms with Crippen LogP contribution in [0, 0.1) is 0 Å². The van der Waals surface area contributed by atoms with Crippen molar-refractivity contribution in [2.45, 2.75) is 45.6 Å². The van der Waals surface area contributed by atoms with Crippen LogP contribution in [0.15, 0.2) is 15.5 Å². The van der Waals surface area contributed by atoms with Gasteiger partial charge in [0.2, 0.25) is 0 Å². The summed E-state index contributed by atoms with van der Waals surface area (Å²) in [6.45, 7) is 7.57. The predicted molar refractivity (Wildman–Crippen MR) is 55.8 cm³/mol. The SMILES string of the molecule is C=N/N=N\N(C)C(C)CCCCC. The topological polar surface area (TPSA) is 40.3 Å². The van der Waals surface area contributed by atoms with E-state index in [0.717, 1.165) is 6.42 Å². The zero-order valence-electron chi connectivity index (χ0n) is 8.90. The second kappa shape index (κ2) is 7.71. The van der Waals surface area contributed by atoms with Crippen molar-refractivity contribution in [2.24, 2.45) is 15.5 Å². The van der Waals surface area contributed by atoms with Gasteiger partial charge in [0.05, 0.1) is 0 Å². The maximum Gasteiger partial charge on any atom is 0.0456 e. The molecule has 0 radical (unpaired) electrons. The van der Waals surface area contributed by atoms with E-state index < -0.39 is 0 Å². The van der Waals surface area contributed by atoms with Gasteiger partial charge in [-0.25, -0.2) is 0 Å². The van der Waals surface area contributed by atoms with E-state index in [9.17, 15) is 0 Å². The van der Waals surface area contributed by atoms with Crippen molar-refractivity contribution in [3.63, 3.8) is 0 Å². The average molecular weight is 184 g/mol. The van der Waals surface area contributed by atoms with Crippen molar-refractivity contribution in [2.75, 3.05) is 7.05 Å². The summed E-state index contributed by atoms with van der Waals surface area (Å²) >= 11 is 0. The van der Waals surface area contributed by atoms with Gasteiger partial charge < -0.3 is 0 Å². The first-order valence-electron chi connectivity index (χ1n) is 4.81. The van der Waals surface area contributed by atoms with E-state index in [2.05, 4.69) is 36.1 Å². The standard InChI is InChI=1S/C9H20N4/c1-5-6-7-8-9(2)13(4)12-11-10-3/h9H,3,5-8H2,1-2,4H3/b12-11-. The van der Waals surface area contributed by atoms with Crippen LogP contribution in [0.3, 0.4) is 0 Å². The van der Waals surface area contributed by atoms with E-state index in [1.807, 2.05) is 12.1 Å². The van der Waals surface area contributed by atoms with Crippen LogP contribution in [0.25, 0.3) is 0 Å². The molecular formula is C9H20N4. The molecule has 0 aromatic heterocycles. The summed E-state index contributed by atoms with van der Waals surface area (Å²) in [5, 5.41) is 12.5. The van der Waals surface area contributed by atoms with Crippen molar-refractivity contribution in [3.05, 3.63) is 0 Å². The van der Waals surface area contributed by atoms with Crippen LogP contribution in [0.4, 0.5) is 0 Å². The molecule has 0 bridgehead atoms. The number of hydrogen-bond acceptors (Lipinski definition) is 2. The Morgan fingerprint density at radius 1 is 1.38 bits per heavy atom. The van der Waals surface area contributed by atoms with E-state index in [0.29, 0.717) is 6.04 Å². The van der Waals surface area contributed by atoms with Crippen molar-refractivity contribution in [1.82, 2.24) is 5.01 Å². The summed E-state index contributed by atoms with van der Waals surface area (Å²) in [5.74, 6) is 0. The molecule has 0 aliphatic rings. The van der Waals surface area contributed by atoms with Crippen LogP contribution < -0.4 is 0 Å². The van der Waals surface area contributed by atoms with E-state index in [-0.39, 0.29) is 0 Å². The second-order valence-electron chi connectivity index (χ2n) is 3.24. The lowest BCUT2D eigenvalue weighted by molar-refractivity contribution is 0.234. The van der Waals surface area contributed by atoms with Gasteiger partial charge in [-0.15, -0.1) is 5.10 Å². The fraction of sp³-hybridized carbons (Fsp3) is 0.889. The Kier molecular flexibility index (Phi) is 7.15. The Bertz CT molecular complexity index is 156. The summed E-state index contributed by atoms with van der Waals surface area (Å²) in [5.41, 5.74) is 0. The molecule has 4 heteroatoms. The van der Waals surface area contributed by atoms with Gasteiger partial charge in [-0.05, 0) is 18.6 Å². The number of nitrogens with zero attached hydrogens (tertiary/aromatic N) is 4. The fourth-order valence-electron chi connectivity index (χ4n) is 1.06. The van der Waals surface area contributed by atoms with E-state index in [4.69, 9.17) is 0 Å². The average Bonchev–Trinajstić information content (AvgIpc) is 2.14. The summed E-state index contributed by atoms with van der Waals surface area (Å²) in [4.78, 5) is 0. The zero-order chi connectivity index (χ0) is 10.1. The first-order valence-corrected chi connectivity index (χ1v) is 4.81. The van der Waals surface area contributed by atoms with E-state index in [1.54, 1.807) is 0 Å². The maximum absolute atomic E-state index is 3.85. The quantitative estimate of drug-likeness (QED) is 0.259. The lowest BCUT2D eigenvalue weighted by atomic mass is 10.1. The maximum atomic E-state index is 3.85. The molecule has 0 saturated heterocycles. The van der Waals surface area contributed by atoms with Gasteiger partial charge in [-0.2, -0.15) is 0 Å². The molecule has 0 aromatic carbocycles. The van der Waals surface area contributed by atoms with Gasteiger partial charge in [0.1, 0.15) is 0 Å². The summed E-state index contributed by atoms with van der Waals surface area (Å²) in [6.07, 6.45) is 4.95. The normalized spacial score (nSPS) is 13.2. The van der Waals surface area contributed by atoms with Crippen LogP contribution in [-0.2, 0) is 0 Å². The van der Waals surface area contributed by atoms with Gasteiger partial charge in [-0.3, -0.25) is 5.01 Å². The Morgan fingerprint density at radius 2 is 2.08 bits per heavy atom. The highest BCUT2D eigenvalue weighted by atomic mass is 15.6. The molecule has 0 fully saturated rings. The molecule has 1 atom stereocenters. The molecule has 0 rings (SSSR count). The third-order valence-corrected chi connectivity index (χ3v) is 2.11. The Morgan fingerprint density at radius 3 is 2.62 bits per heavy atom. The summed E-state index contributed by atoms with van der Waals surface area (Å²) in [6, 6.07) is 0.428. The molecule has 76 valence electrons. The molecule has 1 unspecified atom stereocenters. The number of unbranched alkanes of at least 4 members (excludes halogenated alkanes) is 2. The molecular weight excluding hydrogens is 164 g/mol. The molecule has 0 aliphatic carbocycles. The largest absolute Gasteiger partial charge is 0.277 e. The highest BCUT2D eigenvalue weighted by Gasteiger charge is 2.05. The minimum absolute atomic E-state index is 0.428. The molecule has 0 amide bonds. The van der Waals surface area contributed by atoms with Crippen LogP contribution in [0.5, 0.6) is 0 Å². The summed E-state index contributed by atoms with van der Waals surface area (Å²) in [7, 11) is 1.91. The van der Waals surface area contributed by atoms with E-state index in [1.165, 1.54) is 19.3 Å². The molecule has 4 nitrogen and oxygen atoms in total. The van der Waals surface area contributed by atoms with Gasteiger partial charge in [0, 0.05) is 19.8 Å². The smallest absolute Gasteiger partial charge is 0.0456 e. The zero-order valence-corrected chi connectivity index (χ0v) is 8.90. The van der Waals surface area contributed by atoms with Crippen molar-refractivity contribution >= 4 is 6.72 Å². The van der Waals surface area contributed by atoms with Crippen LogP contribution in [0.2, 0.25) is 0 Å². The van der Waals surface area contributed by atoms with Gasteiger partial charge >= 0.3 is 0 Å². The second-order valence-corrected chi connectivity index (χ2v) is 3.24. The molecule has 0 spiro atoms. The Labute approximate surface area is 80.7 Å². The van der Waals surface area contributed by atoms with Crippen LogP contribution in [0.1, 0.15) is 39.5 Å². The number of hydrogen-bond donors (Lipinski definition) is 0. The van der Waals surface area contributed by atoms with Crippen molar-refractivity contribution in [3.8, 4) is 0 Å². The molecule has 0 saturated carbocycles. The molecule has 0 N–H and O–H groups in total. The highest BCUT2D eigenvalue weighted by Crippen LogP contribution is 2.08. The first kappa shape index (κ1) is 12.1. The molecule has 13 heavy (non-hydrogen) atoms. The lowest BCUT2D eigenvalue weighted by Crippen LogP contribution is -2.23. The fourth-order valence-corrected chi connectivity index (χ4v) is 1.06. The third-order valence-electron chi connectivity index (χ3n) is 2.11. The summed E-state index contributed by atoms with van der Waals surface area (Å²) < 4.78 is 0. The Hall–Kier alpha value is -0.930. The molecule has 0 heterocycles. The molecule has 0 aliphatic heterocycles. The highest BCUT2D eigenvalue weighted by molar-refractivity contribution is 5.22. The molecule has 0 aromatic rings. The van der Waals surface area contributed by atoms with Crippen molar-refractivity contribution < 1.29 is 0 Å². The monoisotopic (exact) mass is 184 g/mol. The van der Waals surface area contributed by atoms with Gasteiger partial charge in [0.25, 0.3) is 0 Å². The Balaban J connectivity index is 3.61.